The lowest BCUT2D eigenvalue weighted by Gasteiger charge is -2.38. The maximum Gasteiger partial charge on any atom is 0.226 e. The second-order valence-electron chi connectivity index (χ2n) is 9.26. The molecule has 184 valence electrons. The van der Waals surface area contributed by atoms with Gasteiger partial charge in [0.2, 0.25) is 5.88 Å². The second kappa shape index (κ2) is 10.8. The fourth-order valence-electron chi connectivity index (χ4n) is 4.98. The molecule has 5 nitrogen and oxygen atoms in total. The Labute approximate surface area is 217 Å². The molecule has 0 spiro atoms. The summed E-state index contributed by atoms with van der Waals surface area (Å²) in [6.45, 7) is 2.81. The summed E-state index contributed by atoms with van der Waals surface area (Å²) in [7, 11) is 0. The normalized spacial score (nSPS) is 17.9. The Morgan fingerprint density at radius 2 is 1.94 bits per heavy atom. The maximum atomic E-state index is 11.2. The Kier molecular flexibility index (Phi) is 7.29. The van der Waals surface area contributed by atoms with Crippen molar-refractivity contribution in [3.63, 3.8) is 0 Å². The minimum Gasteiger partial charge on any atom is -0.481 e. The first-order chi connectivity index (χ1) is 17.6. The van der Waals surface area contributed by atoms with Crippen molar-refractivity contribution in [1.29, 1.82) is 0 Å². The molecule has 1 aromatic heterocycles. The highest BCUT2D eigenvalue weighted by atomic mass is 35.5. The number of pyridine rings is 1. The van der Waals surface area contributed by atoms with Crippen LogP contribution in [0.2, 0.25) is 5.02 Å². The van der Waals surface area contributed by atoms with Crippen LogP contribution in [0.15, 0.2) is 66.9 Å². The van der Waals surface area contributed by atoms with E-state index in [1.165, 1.54) is 0 Å². The highest BCUT2D eigenvalue weighted by Crippen LogP contribution is 2.41. The standard InChI is InChI=1S/C30H29ClN2O3/c1-2-20-35-27-8-3-9-28-26(27)21-22(25-7-4-16-32-29(25)36-28)6-5-17-33-18-14-30(34,15-19-33)23-10-12-24(31)13-11-23/h1,3-4,6-13,16,34H,5,14-15,17-21H2. The molecule has 3 aromatic rings. The third-order valence-electron chi connectivity index (χ3n) is 6.99. The monoisotopic (exact) mass is 500 g/mol. The number of fused-ring (bicyclic) bond motifs is 2. The van der Waals surface area contributed by atoms with Gasteiger partial charge in [-0.1, -0.05) is 41.8 Å². The van der Waals surface area contributed by atoms with Crippen LogP contribution in [-0.2, 0) is 12.0 Å². The Hall–Kier alpha value is -3.30. The number of piperidine rings is 1. The zero-order chi connectivity index (χ0) is 25.0. The van der Waals surface area contributed by atoms with E-state index < -0.39 is 5.60 Å². The first-order valence-corrected chi connectivity index (χ1v) is 12.6. The van der Waals surface area contributed by atoms with Crippen molar-refractivity contribution in [1.82, 2.24) is 9.88 Å². The number of terminal acetylenes is 1. The fraction of sp³-hybridized carbons (Fsp3) is 0.300. The van der Waals surface area contributed by atoms with Crippen molar-refractivity contribution >= 4 is 17.2 Å². The molecule has 1 saturated heterocycles. The number of ether oxygens (including phenoxy) is 2. The lowest BCUT2D eigenvalue weighted by molar-refractivity contribution is -0.0254. The maximum absolute atomic E-state index is 11.2. The molecule has 2 aromatic carbocycles. The molecule has 0 aliphatic carbocycles. The van der Waals surface area contributed by atoms with Crippen LogP contribution >= 0.6 is 11.6 Å². The van der Waals surface area contributed by atoms with Gasteiger partial charge in [0.15, 0.2) is 0 Å². The topological polar surface area (TPSA) is 54.8 Å². The van der Waals surface area contributed by atoms with Crippen LogP contribution in [0.4, 0.5) is 0 Å². The van der Waals surface area contributed by atoms with Gasteiger partial charge in [0.25, 0.3) is 0 Å². The lowest BCUT2D eigenvalue weighted by atomic mass is 9.84. The summed E-state index contributed by atoms with van der Waals surface area (Å²) in [5, 5.41) is 11.9. The Morgan fingerprint density at radius 1 is 1.14 bits per heavy atom. The quantitative estimate of drug-likeness (QED) is 0.430. The number of halogens is 1. The van der Waals surface area contributed by atoms with Gasteiger partial charge in [-0.15, -0.1) is 6.42 Å². The summed E-state index contributed by atoms with van der Waals surface area (Å²) >= 11 is 6.02. The number of nitrogens with zero attached hydrogens (tertiary/aromatic N) is 2. The van der Waals surface area contributed by atoms with E-state index in [1.807, 2.05) is 48.5 Å². The molecule has 3 heterocycles. The average molecular weight is 501 g/mol. The SMILES string of the molecule is C#CCOc1cccc2c1CC(=CCCN1CCC(O)(c3ccc(Cl)cc3)CC1)c1cccnc1O2. The molecular formula is C30H29ClN2O3. The molecule has 1 fully saturated rings. The first-order valence-electron chi connectivity index (χ1n) is 12.3. The van der Waals surface area contributed by atoms with Crippen LogP contribution in [0.5, 0.6) is 17.4 Å². The van der Waals surface area contributed by atoms with Crippen molar-refractivity contribution in [2.75, 3.05) is 26.2 Å². The summed E-state index contributed by atoms with van der Waals surface area (Å²) in [6, 6.07) is 17.3. The summed E-state index contributed by atoms with van der Waals surface area (Å²) in [4.78, 5) is 6.90. The van der Waals surface area contributed by atoms with E-state index in [0.29, 0.717) is 30.2 Å². The number of likely N-dealkylation sites (tertiary alicyclic amines) is 1. The Bertz CT molecular complexity index is 1290. The van der Waals surface area contributed by atoms with E-state index in [4.69, 9.17) is 27.5 Å². The smallest absolute Gasteiger partial charge is 0.226 e. The van der Waals surface area contributed by atoms with Crippen LogP contribution in [0, 0.1) is 12.3 Å². The molecule has 6 heteroatoms. The van der Waals surface area contributed by atoms with E-state index >= 15 is 0 Å². The number of hydrogen-bond donors (Lipinski definition) is 1. The molecule has 0 bridgehead atoms. The highest BCUT2D eigenvalue weighted by Gasteiger charge is 2.33. The summed E-state index contributed by atoms with van der Waals surface area (Å²) in [5.74, 6) is 4.62. The Morgan fingerprint density at radius 3 is 2.72 bits per heavy atom. The van der Waals surface area contributed by atoms with Crippen molar-refractivity contribution < 1.29 is 14.6 Å². The number of rotatable bonds is 6. The third-order valence-corrected chi connectivity index (χ3v) is 7.24. The van der Waals surface area contributed by atoms with Crippen LogP contribution in [0.3, 0.4) is 0 Å². The number of aromatic nitrogens is 1. The lowest BCUT2D eigenvalue weighted by Crippen LogP contribution is -2.42. The number of aliphatic hydroxyl groups is 1. The molecule has 0 radical (unpaired) electrons. The third kappa shape index (κ3) is 5.27. The van der Waals surface area contributed by atoms with Gasteiger partial charge in [0.1, 0.15) is 18.1 Å². The largest absolute Gasteiger partial charge is 0.481 e. The van der Waals surface area contributed by atoms with Gasteiger partial charge in [-0.2, -0.15) is 0 Å². The van der Waals surface area contributed by atoms with E-state index in [9.17, 15) is 5.11 Å². The van der Waals surface area contributed by atoms with Crippen LogP contribution in [0.25, 0.3) is 5.57 Å². The first kappa shape index (κ1) is 24.4. The van der Waals surface area contributed by atoms with Gasteiger partial charge >= 0.3 is 0 Å². The molecular weight excluding hydrogens is 472 g/mol. The molecule has 5 rings (SSSR count). The van der Waals surface area contributed by atoms with Crippen molar-refractivity contribution in [2.24, 2.45) is 0 Å². The molecule has 0 atom stereocenters. The predicted molar refractivity (Wildman–Crippen MR) is 142 cm³/mol. The van der Waals surface area contributed by atoms with Gasteiger partial charge in [-0.25, -0.2) is 4.98 Å². The molecule has 1 N–H and O–H groups in total. The van der Waals surface area contributed by atoms with Gasteiger partial charge in [-0.3, -0.25) is 0 Å². The summed E-state index contributed by atoms with van der Waals surface area (Å²) < 4.78 is 12.0. The molecule has 2 aliphatic heterocycles. The molecule has 36 heavy (non-hydrogen) atoms. The van der Waals surface area contributed by atoms with Gasteiger partial charge in [0.05, 0.1) is 5.60 Å². The molecule has 0 saturated carbocycles. The average Bonchev–Trinajstić information content (AvgIpc) is 3.06. The van der Waals surface area contributed by atoms with Crippen LogP contribution in [-0.4, -0.2) is 41.2 Å². The number of benzene rings is 2. The predicted octanol–water partition coefficient (Wildman–Crippen LogP) is 5.85. The fourth-order valence-corrected chi connectivity index (χ4v) is 5.10. The molecule has 0 unspecified atom stereocenters. The Balaban J connectivity index is 1.29. The van der Waals surface area contributed by atoms with Gasteiger partial charge in [0, 0.05) is 48.4 Å². The van der Waals surface area contributed by atoms with E-state index in [1.54, 1.807) is 6.20 Å². The number of hydrogen-bond acceptors (Lipinski definition) is 5. The van der Waals surface area contributed by atoms with E-state index in [-0.39, 0.29) is 6.61 Å². The van der Waals surface area contributed by atoms with Crippen molar-refractivity contribution in [3.05, 3.63) is 88.6 Å². The minimum atomic E-state index is -0.790. The van der Waals surface area contributed by atoms with Crippen LogP contribution in [0.1, 0.15) is 36.0 Å². The van der Waals surface area contributed by atoms with E-state index in [2.05, 4.69) is 27.9 Å². The minimum absolute atomic E-state index is 0.206. The zero-order valence-electron chi connectivity index (χ0n) is 20.1. The summed E-state index contributed by atoms with van der Waals surface area (Å²) in [5.41, 5.74) is 3.28. The van der Waals surface area contributed by atoms with E-state index in [0.717, 1.165) is 59.8 Å². The number of allylic oxidation sites excluding steroid dienone is 1. The second-order valence-corrected chi connectivity index (χ2v) is 9.70. The van der Waals surface area contributed by atoms with Crippen LogP contribution < -0.4 is 9.47 Å². The van der Waals surface area contributed by atoms with Gasteiger partial charge in [-0.05, 0) is 66.8 Å². The van der Waals surface area contributed by atoms with Crippen molar-refractivity contribution in [3.8, 4) is 29.7 Å². The summed E-state index contributed by atoms with van der Waals surface area (Å²) in [6.07, 6.45) is 12.4. The molecule has 2 aliphatic rings. The highest BCUT2D eigenvalue weighted by molar-refractivity contribution is 6.30. The zero-order valence-corrected chi connectivity index (χ0v) is 20.9. The molecule has 0 amide bonds. The van der Waals surface area contributed by atoms with Crippen molar-refractivity contribution in [2.45, 2.75) is 31.3 Å². The van der Waals surface area contributed by atoms with Gasteiger partial charge < -0.3 is 19.5 Å².